The molecule has 6 aromatic carbocycles. The molecule has 11 nitrogen and oxygen atoms in total. The minimum atomic E-state index is -0.523. The zero-order chi connectivity index (χ0) is 43.4. The van der Waals surface area contributed by atoms with Crippen LogP contribution >= 0.6 is 0 Å². The second-order valence-corrected chi connectivity index (χ2v) is 14.4. The first-order valence-corrected chi connectivity index (χ1v) is 21.2. The number of methoxy groups -OCH3 is 1. The van der Waals surface area contributed by atoms with Crippen LogP contribution in [0, 0.1) is 0 Å². The molecule has 0 saturated heterocycles. The van der Waals surface area contributed by atoms with Gasteiger partial charge in [0.25, 0.3) is 0 Å². The fourth-order valence-electron chi connectivity index (χ4n) is 5.97. The Labute approximate surface area is 371 Å². The molecule has 0 aromatic heterocycles. The zero-order valence-electron chi connectivity index (χ0n) is 35.8. The number of para-hydroxylation sites is 6. The Hall–Kier alpha value is -6.08. The van der Waals surface area contributed by atoms with Gasteiger partial charge in [-0.25, -0.2) is 0 Å². The molecule has 63 heavy (non-hydrogen) atoms. The number of hydrogen-bond acceptors (Lipinski definition) is 11. The van der Waals surface area contributed by atoms with Gasteiger partial charge < -0.3 is 52.1 Å². The molecular weight excluding hydrogens is 801 g/mol. The van der Waals surface area contributed by atoms with Crippen molar-refractivity contribution in [2.45, 2.75) is 30.5 Å². The first-order valence-electron chi connectivity index (χ1n) is 21.2. The van der Waals surface area contributed by atoms with Gasteiger partial charge in [0, 0.05) is 7.11 Å². The Bertz CT molecular complexity index is 1970. The Morgan fingerprint density at radius 3 is 0.619 bits per heavy atom. The lowest BCUT2D eigenvalue weighted by molar-refractivity contribution is -0.128. The first-order chi connectivity index (χ1) is 31.2. The maximum absolute atomic E-state index is 6.60. The number of hydrogen-bond donors (Lipinski definition) is 0. The highest BCUT2D eigenvalue weighted by molar-refractivity contribution is 5.24. The van der Waals surface area contributed by atoms with Crippen molar-refractivity contribution in [3.8, 4) is 34.5 Å². The van der Waals surface area contributed by atoms with E-state index < -0.39 is 24.4 Å². The number of rotatable bonds is 31. The van der Waals surface area contributed by atoms with Crippen LogP contribution in [0.15, 0.2) is 182 Å². The van der Waals surface area contributed by atoms with Crippen LogP contribution in [0.3, 0.4) is 0 Å². The molecule has 0 amide bonds. The average Bonchev–Trinajstić information content (AvgIpc) is 3.35. The molecule has 0 bridgehead atoms. The van der Waals surface area contributed by atoms with Gasteiger partial charge in [-0.1, -0.05) is 109 Å². The van der Waals surface area contributed by atoms with E-state index in [1.54, 1.807) is 7.11 Å². The van der Waals surface area contributed by atoms with Gasteiger partial charge in [0.05, 0.1) is 26.4 Å². The number of ether oxygens (including phenoxy) is 11. The Morgan fingerprint density at radius 2 is 0.413 bits per heavy atom. The van der Waals surface area contributed by atoms with Crippen LogP contribution in [0.25, 0.3) is 0 Å². The molecule has 0 aliphatic heterocycles. The van der Waals surface area contributed by atoms with Gasteiger partial charge in [0.15, 0.2) is 0 Å². The average molecular weight is 859 g/mol. The topological polar surface area (TPSA) is 102 Å². The summed E-state index contributed by atoms with van der Waals surface area (Å²) in [6.45, 7) is 2.22. The van der Waals surface area contributed by atoms with E-state index in [2.05, 4.69) is 0 Å². The summed E-state index contributed by atoms with van der Waals surface area (Å²) in [5.41, 5.74) is 0. The van der Waals surface area contributed by atoms with E-state index in [1.807, 2.05) is 182 Å². The quantitative estimate of drug-likeness (QED) is 0.0419. The minimum Gasteiger partial charge on any atom is -0.491 e. The van der Waals surface area contributed by atoms with Crippen molar-refractivity contribution in [3.05, 3.63) is 182 Å². The maximum atomic E-state index is 6.60. The third-order valence-corrected chi connectivity index (χ3v) is 9.48. The van der Waals surface area contributed by atoms with Gasteiger partial charge in [0.1, 0.15) is 105 Å². The van der Waals surface area contributed by atoms with E-state index in [-0.39, 0.29) is 65.6 Å². The molecule has 0 heterocycles. The summed E-state index contributed by atoms with van der Waals surface area (Å²) in [7, 11) is 1.64. The van der Waals surface area contributed by atoms with Crippen LogP contribution in [0.4, 0.5) is 0 Å². The third-order valence-electron chi connectivity index (χ3n) is 9.48. The first kappa shape index (κ1) is 46.4. The predicted molar refractivity (Wildman–Crippen MR) is 241 cm³/mol. The summed E-state index contributed by atoms with van der Waals surface area (Å²) in [6, 6.07) is 57.7. The van der Waals surface area contributed by atoms with Crippen molar-refractivity contribution in [1.82, 2.24) is 0 Å². The fraction of sp³-hybridized carbons (Fsp3) is 0.308. The van der Waals surface area contributed by atoms with Crippen molar-refractivity contribution in [1.29, 1.82) is 0 Å². The zero-order valence-corrected chi connectivity index (χ0v) is 35.8. The molecule has 6 aromatic rings. The van der Waals surface area contributed by atoms with Gasteiger partial charge in [-0.15, -0.1) is 0 Å². The minimum absolute atomic E-state index is 0.155. The predicted octanol–water partition coefficient (Wildman–Crippen LogP) is 9.02. The van der Waals surface area contributed by atoms with Crippen LogP contribution in [0.1, 0.15) is 0 Å². The molecule has 0 aliphatic carbocycles. The van der Waals surface area contributed by atoms with Crippen molar-refractivity contribution in [3.63, 3.8) is 0 Å². The van der Waals surface area contributed by atoms with E-state index >= 15 is 0 Å². The lowest BCUT2D eigenvalue weighted by Gasteiger charge is -2.27. The molecule has 0 N–H and O–H groups in total. The maximum Gasteiger partial charge on any atom is 0.125 e. The van der Waals surface area contributed by atoms with Crippen molar-refractivity contribution >= 4 is 0 Å². The molecule has 0 aliphatic rings. The molecule has 0 radical (unpaired) electrons. The largest absolute Gasteiger partial charge is 0.491 e. The molecule has 6 rings (SSSR count). The SMILES string of the molecule is COC(COc1ccccc1)COC(COc1ccccc1)COC(COc1ccccc1)COC(COc1ccccc1)COC(COc1ccccc1)COc1ccccc1. The number of benzene rings is 6. The van der Waals surface area contributed by atoms with Crippen LogP contribution in [0.5, 0.6) is 34.5 Å². The third kappa shape index (κ3) is 18.4. The van der Waals surface area contributed by atoms with Crippen LogP contribution in [-0.2, 0) is 23.7 Å². The van der Waals surface area contributed by atoms with E-state index in [9.17, 15) is 0 Å². The van der Waals surface area contributed by atoms with Gasteiger partial charge in [0.2, 0.25) is 0 Å². The molecule has 4 atom stereocenters. The van der Waals surface area contributed by atoms with Crippen LogP contribution < -0.4 is 28.4 Å². The molecule has 11 heteroatoms. The Kier molecular flexibility index (Phi) is 20.5. The molecule has 4 unspecified atom stereocenters. The summed E-state index contributed by atoms with van der Waals surface area (Å²) in [6.07, 6.45) is -2.28. The molecule has 332 valence electrons. The highest BCUT2D eigenvalue weighted by atomic mass is 16.6. The molecule has 0 fully saturated rings. The summed E-state index contributed by atoms with van der Waals surface area (Å²) in [4.78, 5) is 0. The molecule has 0 spiro atoms. The monoisotopic (exact) mass is 858 g/mol. The molecular formula is C52H58O11. The highest BCUT2D eigenvalue weighted by Gasteiger charge is 2.23. The van der Waals surface area contributed by atoms with Crippen molar-refractivity contribution in [2.75, 3.05) is 73.2 Å². The van der Waals surface area contributed by atoms with E-state index in [0.29, 0.717) is 18.1 Å². The van der Waals surface area contributed by atoms with Gasteiger partial charge in [-0.3, -0.25) is 0 Å². The van der Waals surface area contributed by atoms with Crippen LogP contribution in [0.2, 0.25) is 0 Å². The van der Waals surface area contributed by atoms with Crippen molar-refractivity contribution in [2.24, 2.45) is 0 Å². The summed E-state index contributed by atoms with van der Waals surface area (Å²) < 4.78 is 68.6. The second kappa shape index (κ2) is 27.8. The second-order valence-electron chi connectivity index (χ2n) is 14.4. The van der Waals surface area contributed by atoms with Crippen molar-refractivity contribution < 1.29 is 52.1 Å². The standard InChI is InChI=1S/C52H58O11/c1-53-48(32-54-42-20-8-2-9-21-42)33-60-50(36-57-45-26-14-5-15-27-45)39-62-52(38-59-47-30-18-7-19-31-47)41-63-51(37-58-46-28-16-6-17-29-46)40-61-49(34-55-43-22-10-3-11-23-43)35-56-44-24-12-4-13-25-44/h2-31,48-52H,32-41H2,1H3. The van der Waals surface area contributed by atoms with Gasteiger partial charge in [-0.05, 0) is 72.8 Å². The normalized spacial score (nSPS) is 13.0. The summed E-state index contributed by atoms with van der Waals surface area (Å²) in [5.74, 6) is 4.36. The fourth-order valence-corrected chi connectivity index (χ4v) is 5.97. The summed E-state index contributed by atoms with van der Waals surface area (Å²) in [5, 5.41) is 0. The molecule has 0 saturated carbocycles. The Balaban J connectivity index is 1.12. The van der Waals surface area contributed by atoms with Gasteiger partial charge in [-0.2, -0.15) is 0 Å². The van der Waals surface area contributed by atoms with Crippen LogP contribution in [-0.4, -0.2) is 104 Å². The Morgan fingerprint density at radius 1 is 0.238 bits per heavy atom. The summed E-state index contributed by atoms with van der Waals surface area (Å²) >= 11 is 0. The van der Waals surface area contributed by atoms with E-state index in [1.165, 1.54) is 0 Å². The smallest absolute Gasteiger partial charge is 0.125 e. The van der Waals surface area contributed by atoms with E-state index in [4.69, 9.17) is 52.1 Å². The lowest BCUT2D eigenvalue weighted by Crippen LogP contribution is -2.39. The van der Waals surface area contributed by atoms with Gasteiger partial charge >= 0.3 is 0 Å². The highest BCUT2D eigenvalue weighted by Crippen LogP contribution is 2.17. The lowest BCUT2D eigenvalue weighted by atomic mass is 10.3. The van der Waals surface area contributed by atoms with E-state index in [0.717, 1.165) is 23.0 Å².